The van der Waals surface area contributed by atoms with Crippen LogP contribution in [-0.2, 0) is 9.59 Å². The van der Waals surface area contributed by atoms with Gasteiger partial charge in [0.1, 0.15) is 6.04 Å². The summed E-state index contributed by atoms with van der Waals surface area (Å²) in [6.07, 6.45) is 0. The Morgan fingerprint density at radius 1 is 1.14 bits per heavy atom. The van der Waals surface area contributed by atoms with Gasteiger partial charge in [-0.05, 0) is 19.1 Å². The standard InChI is InChI=1S/C14H20N4O4/c1-8(2)12(15)14(20)16-9(3)13(19)17-10-4-6-11(7-5-10)18(21)22/h4-9,12H,15H2,1-3H3,(H,16,20)(H,17,19)/p+1/t9-,12-/m0/s1. The number of nitro benzene ring substituents is 1. The second-order valence-electron chi connectivity index (χ2n) is 5.37. The van der Waals surface area contributed by atoms with Crippen molar-refractivity contribution >= 4 is 23.2 Å². The highest BCUT2D eigenvalue weighted by atomic mass is 16.6. The van der Waals surface area contributed by atoms with Gasteiger partial charge >= 0.3 is 0 Å². The lowest BCUT2D eigenvalue weighted by atomic mass is 10.0. The van der Waals surface area contributed by atoms with Crippen LogP contribution in [0, 0.1) is 16.0 Å². The molecule has 5 N–H and O–H groups in total. The summed E-state index contributed by atoms with van der Waals surface area (Å²) in [6.45, 7) is 5.31. The zero-order chi connectivity index (χ0) is 16.9. The first-order chi connectivity index (χ1) is 10.2. The van der Waals surface area contributed by atoms with Gasteiger partial charge in [0.2, 0.25) is 5.91 Å². The smallest absolute Gasteiger partial charge is 0.279 e. The van der Waals surface area contributed by atoms with Crippen molar-refractivity contribution in [3.63, 3.8) is 0 Å². The highest BCUT2D eigenvalue weighted by molar-refractivity contribution is 5.97. The largest absolute Gasteiger partial charge is 0.347 e. The maximum Gasteiger partial charge on any atom is 0.279 e. The molecule has 0 aliphatic carbocycles. The molecule has 0 spiro atoms. The molecule has 1 aromatic carbocycles. The number of nitrogens with one attached hydrogen (secondary N) is 2. The molecule has 0 aromatic heterocycles. The number of nitrogens with zero attached hydrogens (tertiary/aromatic N) is 1. The Kier molecular flexibility index (Phi) is 6.00. The number of quaternary nitrogens is 1. The van der Waals surface area contributed by atoms with Crippen molar-refractivity contribution < 1.29 is 20.2 Å². The molecular formula is C14H21N4O4+. The van der Waals surface area contributed by atoms with Crippen LogP contribution < -0.4 is 16.4 Å². The molecule has 22 heavy (non-hydrogen) atoms. The van der Waals surface area contributed by atoms with Gasteiger partial charge < -0.3 is 16.4 Å². The van der Waals surface area contributed by atoms with Crippen LogP contribution in [0.5, 0.6) is 0 Å². The highest BCUT2D eigenvalue weighted by Crippen LogP contribution is 2.15. The first-order valence-electron chi connectivity index (χ1n) is 6.91. The molecule has 8 nitrogen and oxygen atoms in total. The van der Waals surface area contributed by atoms with Gasteiger partial charge in [-0.2, -0.15) is 0 Å². The van der Waals surface area contributed by atoms with Gasteiger partial charge in [0.05, 0.1) is 4.92 Å². The summed E-state index contributed by atoms with van der Waals surface area (Å²) in [4.78, 5) is 33.9. The van der Waals surface area contributed by atoms with Crippen molar-refractivity contribution in [3.8, 4) is 0 Å². The van der Waals surface area contributed by atoms with Gasteiger partial charge in [0, 0.05) is 23.7 Å². The predicted octanol–water partition coefficient (Wildman–Crippen LogP) is 0.305. The number of hydrogen-bond acceptors (Lipinski definition) is 4. The second-order valence-corrected chi connectivity index (χ2v) is 5.37. The Balaban J connectivity index is 2.60. The van der Waals surface area contributed by atoms with Crippen molar-refractivity contribution in [3.05, 3.63) is 34.4 Å². The van der Waals surface area contributed by atoms with Crippen LogP contribution in [0.25, 0.3) is 0 Å². The number of carbonyl (C=O) groups excluding carboxylic acids is 2. The van der Waals surface area contributed by atoms with E-state index in [9.17, 15) is 19.7 Å². The highest BCUT2D eigenvalue weighted by Gasteiger charge is 2.24. The zero-order valence-electron chi connectivity index (χ0n) is 12.8. The second kappa shape index (κ2) is 7.51. The first-order valence-corrected chi connectivity index (χ1v) is 6.91. The first kappa shape index (κ1) is 17.6. The quantitative estimate of drug-likeness (QED) is 0.515. The maximum absolute atomic E-state index is 12.0. The molecule has 1 aromatic rings. The van der Waals surface area contributed by atoms with Crippen LogP contribution in [-0.4, -0.2) is 28.8 Å². The fraction of sp³-hybridized carbons (Fsp3) is 0.429. The lowest BCUT2D eigenvalue weighted by Crippen LogP contribution is -2.70. The topological polar surface area (TPSA) is 129 Å². The van der Waals surface area contributed by atoms with E-state index >= 15 is 0 Å². The summed E-state index contributed by atoms with van der Waals surface area (Å²) in [5.74, 6) is -0.621. The molecule has 2 atom stereocenters. The van der Waals surface area contributed by atoms with Crippen LogP contribution in [0.4, 0.5) is 11.4 Å². The van der Waals surface area contributed by atoms with E-state index in [4.69, 9.17) is 0 Å². The van der Waals surface area contributed by atoms with Crippen molar-refractivity contribution in [2.24, 2.45) is 5.92 Å². The lowest BCUT2D eigenvalue weighted by molar-refractivity contribution is -0.414. The number of carbonyl (C=O) groups is 2. The van der Waals surface area contributed by atoms with Crippen molar-refractivity contribution in [1.82, 2.24) is 5.32 Å². The van der Waals surface area contributed by atoms with E-state index < -0.39 is 22.9 Å². The Bertz CT molecular complexity index is 556. The summed E-state index contributed by atoms with van der Waals surface area (Å²) in [5.41, 5.74) is 4.12. The third-order valence-electron chi connectivity index (χ3n) is 3.24. The molecule has 8 heteroatoms. The van der Waals surface area contributed by atoms with E-state index in [2.05, 4.69) is 16.4 Å². The van der Waals surface area contributed by atoms with Gasteiger partial charge in [-0.1, -0.05) is 13.8 Å². The van der Waals surface area contributed by atoms with Crippen LogP contribution in [0.3, 0.4) is 0 Å². The molecule has 0 aliphatic rings. The van der Waals surface area contributed by atoms with E-state index in [1.54, 1.807) is 6.92 Å². The van der Waals surface area contributed by atoms with Gasteiger partial charge in [0.25, 0.3) is 11.6 Å². The van der Waals surface area contributed by atoms with E-state index in [0.717, 1.165) is 0 Å². The fourth-order valence-corrected chi connectivity index (χ4v) is 1.61. The van der Waals surface area contributed by atoms with Crippen LogP contribution >= 0.6 is 0 Å². The van der Waals surface area contributed by atoms with E-state index in [-0.39, 0.29) is 17.5 Å². The van der Waals surface area contributed by atoms with E-state index in [1.807, 2.05) is 13.8 Å². The molecule has 120 valence electrons. The van der Waals surface area contributed by atoms with Gasteiger partial charge in [-0.15, -0.1) is 0 Å². The summed E-state index contributed by atoms with van der Waals surface area (Å²) < 4.78 is 0. The van der Waals surface area contributed by atoms with Gasteiger partial charge in [0.15, 0.2) is 6.04 Å². The van der Waals surface area contributed by atoms with Crippen molar-refractivity contribution in [1.29, 1.82) is 0 Å². The fourth-order valence-electron chi connectivity index (χ4n) is 1.61. The predicted molar refractivity (Wildman–Crippen MR) is 80.8 cm³/mol. The SMILES string of the molecule is CC(C)[C@H]([NH3+])C(=O)N[C@@H](C)C(=O)Nc1ccc([N+](=O)[O-])cc1. The molecule has 2 amide bonds. The van der Waals surface area contributed by atoms with Gasteiger partial charge in [-0.25, -0.2) is 0 Å². The Labute approximate surface area is 128 Å². The number of benzene rings is 1. The number of non-ortho nitro benzene ring substituents is 1. The van der Waals surface area contributed by atoms with Crippen LogP contribution in [0.2, 0.25) is 0 Å². The molecule has 1 rings (SSSR count). The molecular weight excluding hydrogens is 288 g/mol. The number of hydrogen-bond donors (Lipinski definition) is 3. The minimum Gasteiger partial charge on any atom is -0.347 e. The van der Waals surface area contributed by atoms with Crippen LogP contribution in [0.15, 0.2) is 24.3 Å². The molecule has 0 aliphatic heterocycles. The summed E-state index contributed by atoms with van der Waals surface area (Å²) in [6, 6.07) is 4.29. The molecule has 0 unspecified atom stereocenters. The molecule has 0 heterocycles. The maximum atomic E-state index is 12.0. The average Bonchev–Trinajstić information content (AvgIpc) is 2.46. The number of rotatable bonds is 6. The summed E-state index contributed by atoms with van der Waals surface area (Å²) in [5, 5.41) is 15.7. The number of anilines is 1. The van der Waals surface area contributed by atoms with Gasteiger partial charge in [-0.3, -0.25) is 19.7 Å². The average molecular weight is 309 g/mol. The monoisotopic (exact) mass is 309 g/mol. The molecule has 0 saturated carbocycles. The Morgan fingerprint density at radius 2 is 1.68 bits per heavy atom. The van der Waals surface area contributed by atoms with Crippen molar-refractivity contribution in [2.45, 2.75) is 32.9 Å². The minimum absolute atomic E-state index is 0.0591. The Hall–Kier alpha value is -2.48. The third-order valence-corrected chi connectivity index (χ3v) is 3.24. The lowest BCUT2D eigenvalue weighted by Gasteiger charge is -2.17. The zero-order valence-corrected chi connectivity index (χ0v) is 12.8. The normalized spacial score (nSPS) is 13.3. The summed E-state index contributed by atoms with van der Waals surface area (Å²) in [7, 11) is 0. The van der Waals surface area contributed by atoms with Crippen molar-refractivity contribution in [2.75, 3.05) is 5.32 Å². The van der Waals surface area contributed by atoms with E-state index in [0.29, 0.717) is 5.69 Å². The molecule has 0 saturated heterocycles. The number of nitro groups is 1. The third kappa shape index (κ3) is 4.81. The molecule has 0 radical (unpaired) electrons. The Morgan fingerprint density at radius 3 is 2.14 bits per heavy atom. The number of amides is 2. The molecule has 0 fully saturated rings. The minimum atomic E-state index is -0.731. The molecule has 0 bridgehead atoms. The van der Waals surface area contributed by atoms with E-state index in [1.165, 1.54) is 24.3 Å². The van der Waals surface area contributed by atoms with Crippen LogP contribution in [0.1, 0.15) is 20.8 Å². The summed E-state index contributed by atoms with van der Waals surface area (Å²) >= 11 is 0.